The number of nitrogens with zero attached hydrogens (tertiary/aromatic N) is 3. The molecule has 4 rings (SSSR count). The molecule has 0 radical (unpaired) electrons. The van der Waals surface area contributed by atoms with E-state index < -0.39 is 0 Å². The van der Waals surface area contributed by atoms with Crippen LogP contribution in [0.15, 0.2) is 41.1 Å². The zero-order chi connectivity index (χ0) is 19.5. The minimum atomic E-state index is -0.195. The second-order valence-corrected chi connectivity index (χ2v) is 7.24. The first-order chi connectivity index (χ1) is 13.6. The van der Waals surface area contributed by atoms with Gasteiger partial charge in [-0.25, -0.2) is 4.79 Å². The molecule has 28 heavy (non-hydrogen) atoms. The number of hydrogen-bond acceptors (Lipinski definition) is 5. The molecule has 1 aromatic heterocycles. The first kappa shape index (κ1) is 18.3. The van der Waals surface area contributed by atoms with Crippen LogP contribution in [0.1, 0.15) is 30.9 Å². The molecule has 2 fully saturated rings. The molecule has 0 saturated carbocycles. The van der Waals surface area contributed by atoms with Crippen molar-refractivity contribution < 1.29 is 18.8 Å². The predicted molar refractivity (Wildman–Crippen MR) is 102 cm³/mol. The summed E-state index contributed by atoms with van der Waals surface area (Å²) >= 11 is 0. The minimum Gasteiger partial charge on any atom is -0.497 e. The topological polar surface area (TPSA) is 87.9 Å². The van der Waals surface area contributed by atoms with Gasteiger partial charge in [0.2, 0.25) is 5.91 Å². The Bertz CT molecular complexity index is 830. The van der Waals surface area contributed by atoms with Crippen molar-refractivity contribution in [2.45, 2.75) is 31.2 Å². The molecule has 1 N–H and O–H groups in total. The standard InChI is InChI=1S/C20H24N4O4/c1-27-17-4-2-3-16(12-17)24-13-15(11-19(24)25)21-20(26)23-8-5-14(6-9-23)18-7-10-28-22-18/h2-4,7,10,12,14-15H,5-6,8-9,11,13H2,1H3,(H,21,26). The Morgan fingerprint density at radius 2 is 2.11 bits per heavy atom. The van der Waals surface area contributed by atoms with Crippen LogP contribution in [-0.2, 0) is 4.79 Å². The molecule has 2 aliphatic rings. The number of piperidine rings is 1. The van der Waals surface area contributed by atoms with E-state index in [1.54, 1.807) is 18.3 Å². The van der Waals surface area contributed by atoms with Gasteiger partial charge in [0.25, 0.3) is 0 Å². The number of hydrogen-bond donors (Lipinski definition) is 1. The molecular weight excluding hydrogens is 360 g/mol. The van der Waals surface area contributed by atoms with Crippen LogP contribution >= 0.6 is 0 Å². The fourth-order valence-corrected chi connectivity index (χ4v) is 3.91. The molecule has 1 unspecified atom stereocenters. The summed E-state index contributed by atoms with van der Waals surface area (Å²) in [4.78, 5) is 28.6. The van der Waals surface area contributed by atoms with Gasteiger partial charge in [-0.1, -0.05) is 11.2 Å². The highest BCUT2D eigenvalue weighted by Crippen LogP contribution is 2.28. The molecule has 1 aromatic carbocycles. The van der Waals surface area contributed by atoms with Gasteiger partial charge in [-0.2, -0.15) is 0 Å². The first-order valence-corrected chi connectivity index (χ1v) is 9.54. The summed E-state index contributed by atoms with van der Waals surface area (Å²) in [6.07, 6.45) is 3.61. The normalized spacial score (nSPS) is 20.5. The summed E-state index contributed by atoms with van der Waals surface area (Å²) in [5, 5.41) is 7.02. The van der Waals surface area contributed by atoms with Crippen LogP contribution in [-0.4, -0.2) is 54.8 Å². The molecule has 0 aliphatic carbocycles. The number of rotatable bonds is 4. The zero-order valence-electron chi connectivity index (χ0n) is 15.8. The number of carbonyl (C=O) groups is 2. The van der Waals surface area contributed by atoms with Crippen LogP contribution in [0.5, 0.6) is 5.75 Å². The van der Waals surface area contributed by atoms with Gasteiger partial charge in [0.05, 0.1) is 18.8 Å². The van der Waals surface area contributed by atoms with Crippen molar-refractivity contribution in [3.05, 3.63) is 42.3 Å². The van der Waals surface area contributed by atoms with Crippen molar-refractivity contribution in [1.29, 1.82) is 0 Å². The molecule has 0 bridgehead atoms. The Balaban J connectivity index is 1.31. The summed E-state index contributed by atoms with van der Waals surface area (Å²) in [6, 6.07) is 8.98. The van der Waals surface area contributed by atoms with Crippen LogP contribution in [0, 0.1) is 0 Å². The molecule has 148 valence electrons. The lowest BCUT2D eigenvalue weighted by atomic mass is 9.94. The Hall–Kier alpha value is -3.03. The summed E-state index contributed by atoms with van der Waals surface area (Å²) in [6.45, 7) is 1.81. The fraction of sp³-hybridized carbons (Fsp3) is 0.450. The Morgan fingerprint density at radius 3 is 2.82 bits per heavy atom. The maximum Gasteiger partial charge on any atom is 0.317 e. The maximum atomic E-state index is 12.6. The molecule has 2 aromatic rings. The number of ether oxygens (including phenoxy) is 1. The monoisotopic (exact) mass is 384 g/mol. The average Bonchev–Trinajstić information content (AvgIpc) is 3.38. The van der Waals surface area contributed by atoms with E-state index in [1.165, 1.54) is 0 Å². The lowest BCUT2D eigenvalue weighted by Crippen LogP contribution is -2.48. The summed E-state index contributed by atoms with van der Waals surface area (Å²) in [7, 11) is 1.60. The number of aromatic nitrogens is 1. The number of anilines is 1. The Labute approximate surface area is 163 Å². The highest BCUT2D eigenvalue weighted by atomic mass is 16.5. The summed E-state index contributed by atoms with van der Waals surface area (Å²) in [5.41, 5.74) is 1.74. The van der Waals surface area contributed by atoms with Gasteiger partial charge < -0.3 is 24.4 Å². The number of likely N-dealkylation sites (tertiary alicyclic amines) is 1. The molecule has 0 spiro atoms. The van der Waals surface area contributed by atoms with E-state index in [9.17, 15) is 9.59 Å². The molecule has 3 amide bonds. The van der Waals surface area contributed by atoms with Gasteiger partial charge in [-0.3, -0.25) is 4.79 Å². The largest absolute Gasteiger partial charge is 0.497 e. The fourth-order valence-electron chi connectivity index (χ4n) is 3.91. The third-order valence-electron chi connectivity index (χ3n) is 5.48. The minimum absolute atomic E-state index is 0.00305. The Kier molecular flexibility index (Phi) is 5.18. The van der Waals surface area contributed by atoms with Crippen molar-refractivity contribution in [3.8, 4) is 5.75 Å². The lowest BCUT2D eigenvalue weighted by molar-refractivity contribution is -0.117. The lowest BCUT2D eigenvalue weighted by Gasteiger charge is -2.32. The zero-order valence-corrected chi connectivity index (χ0v) is 15.8. The molecule has 2 aliphatic heterocycles. The van der Waals surface area contributed by atoms with E-state index in [0.29, 0.717) is 37.7 Å². The third kappa shape index (κ3) is 3.81. The SMILES string of the molecule is COc1cccc(N2CC(NC(=O)N3CCC(c4ccon4)CC3)CC2=O)c1. The van der Waals surface area contributed by atoms with Crippen molar-refractivity contribution in [3.63, 3.8) is 0 Å². The van der Waals surface area contributed by atoms with Gasteiger partial charge in [0.15, 0.2) is 0 Å². The first-order valence-electron chi connectivity index (χ1n) is 9.54. The molecule has 8 nitrogen and oxygen atoms in total. The van der Waals surface area contributed by atoms with Crippen LogP contribution in [0.3, 0.4) is 0 Å². The van der Waals surface area contributed by atoms with Crippen LogP contribution in [0.4, 0.5) is 10.5 Å². The molecular formula is C20H24N4O4. The van der Waals surface area contributed by atoms with Crippen LogP contribution in [0.25, 0.3) is 0 Å². The van der Waals surface area contributed by atoms with Crippen molar-refractivity contribution in [1.82, 2.24) is 15.4 Å². The second kappa shape index (κ2) is 7.92. The molecule has 8 heteroatoms. The average molecular weight is 384 g/mol. The highest BCUT2D eigenvalue weighted by molar-refractivity contribution is 5.97. The Morgan fingerprint density at radius 1 is 1.29 bits per heavy atom. The van der Waals surface area contributed by atoms with Gasteiger partial charge in [0.1, 0.15) is 12.0 Å². The molecule has 3 heterocycles. The summed E-state index contributed by atoms with van der Waals surface area (Å²) < 4.78 is 10.1. The van der Waals surface area contributed by atoms with Crippen LogP contribution < -0.4 is 15.0 Å². The van der Waals surface area contributed by atoms with E-state index in [-0.39, 0.29) is 18.0 Å². The van der Waals surface area contributed by atoms with Crippen molar-refractivity contribution in [2.24, 2.45) is 0 Å². The number of nitrogens with one attached hydrogen (secondary N) is 1. The van der Waals surface area contributed by atoms with Gasteiger partial charge in [0, 0.05) is 49.8 Å². The van der Waals surface area contributed by atoms with Crippen molar-refractivity contribution >= 4 is 17.6 Å². The van der Waals surface area contributed by atoms with E-state index >= 15 is 0 Å². The second-order valence-electron chi connectivity index (χ2n) is 7.24. The highest BCUT2D eigenvalue weighted by Gasteiger charge is 2.33. The number of benzene rings is 1. The van der Waals surface area contributed by atoms with Gasteiger partial charge in [-0.05, 0) is 25.0 Å². The summed E-state index contributed by atoms with van der Waals surface area (Å²) in [5.74, 6) is 1.04. The van der Waals surface area contributed by atoms with Gasteiger partial charge in [-0.15, -0.1) is 0 Å². The number of amides is 3. The van der Waals surface area contributed by atoms with E-state index in [1.807, 2.05) is 35.2 Å². The molecule has 2 saturated heterocycles. The van der Waals surface area contributed by atoms with Gasteiger partial charge >= 0.3 is 6.03 Å². The quantitative estimate of drug-likeness (QED) is 0.874. The van der Waals surface area contributed by atoms with E-state index in [0.717, 1.165) is 24.2 Å². The maximum absolute atomic E-state index is 12.6. The molecule has 1 atom stereocenters. The van der Waals surface area contributed by atoms with E-state index in [4.69, 9.17) is 9.26 Å². The predicted octanol–water partition coefficient (Wildman–Crippen LogP) is 2.38. The smallest absolute Gasteiger partial charge is 0.317 e. The number of methoxy groups -OCH3 is 1. The number of urea groups is 1. The third-order valence-corrected chi connectivity index (χ3v) is 5.48. The van der Waals surface area contributed by atoms with Crippen molar-refractivity contribution in [2.75, 3.05) is 31.6 Å². The van der Waals surface area contributed by atoms with Crippen LogP contribution in [0.2, 0.25) is 0 Å². The number of carbonyl (C=O) groups excluding carboxylic acids is 2. The van der Waals surface area contributed by atoms with E-state index in [2.05, 4.69) is 10.5 Å².